The van der Waals surface area contributed by atoms with Crippen LogP contribution in [0.3, 0.4) is 0 Å². The Hall–Kier alpha value is -1.86. The number of rotatable bonds is 3. The topological polar surface area (TPSA) is 46.5 Å². The second-order valence-electron chi connectivity index (χ2n) is 2.92. The highest BCUT2D eigenvalue weighted by Crippen LogP contribution is 2.37. The Kier molecular flexibility index (Phi) is 3.25. The molecule has 0 saturated heterocycles. The molecule has 0 amide bonds. The van der Waals surface area contributed by atoms with Gasteiger partial charge in [-0.3, -0.25) is 0 Å². The number of ether oxygens (including phenoxy) is 1. The van der Waals surface area contributed by atoms with Crippen LogP contribution in [0.5, 0.6) is 5.75 Å². The van der Waals surface area contributed by atoms with Crippen LogP contribution in [0.4, 0.5) is 22.0 Å². The van der Waals surface area contributed by atoms with Gasteiger partial charge in [0.05, 0.1) is 5.56 Å². The van der Waals surface area contributed by atoms with Gasteiger partial charge in [0.15, 0.2) is 0 Å². The number of benzene rings is 1. The summed E-state index contributed by atoms with van der Waals surface area (Å²) in [6.45, 7) is 0. The SMILES string of the molecule is O=C(O)C(F)(F)c1ccccc1OC(F)(F)F. The first-order valence-corrected chi connectivity index (χ1v) is 4.11. The third-order valence-corrected chi connectivity index (χ3v) is 1.72. The first-order valence-electron chi connectivity index (χ1n) is 4.11. The Morgan fingerprint density at radius 2 is 1.65 bits per heavy atom. The lowest BCUT2D eigenvalue weighted by molar-refractivity contribution is -0.275. The van der Waals surface area contributed by atoms with E-state index in [0.717, 1.165) is 12.1 Å². The number of para-hydroxylation sites is 1. The Bertz CT molecular complexity index is 427. The number of alkyl halides is 5. The molecule has 0 heterocycles. The van der Waals surface area contributed by atoms with Gasteiger partial charge in [0, 0.05) is 0 Å². The van der Waals surface area contributed by atoms with Gasteiger partial charge in [0.2, 0.25) is 0 Å². The maximum Gasteiger partial charge on any atom is 0.573 e. The Morgan fingerprint density at radius 3 is 2.12 bits per heavy atom. The molecule has 1 rings (SSSR count). The zero-order valence-corrected chi connectivity index (χ0v) is 7.96. The molecule has 0 radical (unpaired) electrons. The molecule has 0 saturated carbocycles. The van der Waals surface area contributed by atoms with Crippen LogP contribution in [0.1, 0.15) is 5.56 Å². The molecule has 17 heavy (non-hydrogen) atoms. The van der Waals surface area contributed by atoms with Crippen LogP contribution in [-0.2, 0) is 10.7 Å². The summed E-state index contributed by atoms with van der Waals surface area (Å²) in [6, 6.07) is 3.16. The van der Waals surface area contributed by atoms with Crippen molar-refractivity contribution < 1.29 is 36.6 Å². The third-order valence-electron chi connectivity index (χ3n) is 1.72. The van der Waals surface area contributed by atoms with E-state index in [-0.39, 0.29) is 0 Å². The normalized spacial score (nSPS) is 12.3. The lowest BCUT2D eigenvalue weighted by Crippen LogP contribution is -2.27. The lowest BCUT2D eigenvalue weighted by atomic mass is 10.1. The number of aliphatic carboxylic acids is 1. The second kappa shape index (κ2) is 4.19. The number of carbonyl (C=O) groups is 1. The summed E-state index contributed by atoms with van der Waals surface area (Å²) in [5.41, 5.74) is -1.36. The van der Waals surface area contributed by atoms with Crippen molar-refractivity contribution >= 4 is 5.97 Å². The second-order valence-corrected chi connectivity index (χ2v) is 2.92. The van der Waals surface area contributed by atoms with Crippen molar-refractivity contribution in [3.63, 3.8) is 0 Å². The molecule has 8 heteroatoms. The first-order chi connectivity index (χ1) is 7.64. The average Bonchev–Trinajstić information content (AvgIpc) is 2.15. The quantitative estimate of drug-likeness (QED) is 0.846. The number of halogens is 5. The number of hydrogen-bond acceptors (Lipinski definition) is 2. The Balaban J connectivity index is 3.21. The number of carboxylic acid groups (broad SMARTS) is 1. The van der Waals surface area contributed by atoms with Crippen molar-refractivity contribution in [2.24, 2.45) is 0 Å². The maximum atomic E-state index is 13.1. The van der Waals surface area contributed by atoms with Crippen LogP contribution >= 0.6 is 0 Å². The lowest BCUT2D eigenvalue weighted by Gasteiger charge is -2.17. The molecule has 94 valence electrons. The molecule has 0 atom stereocenters. The molecular formula is C9H5F5O3. The minimum Gasteiger partial charge on any atom is -0.477 e. The largest absolute Gasteiger partial charge is 0.573 e. The van der Waals surface area contributed by atoms with Crippen LogP contribution in [0.25, 0.3) is 0 Å². The Labute approximate surface area is 91.4 Å². The predicted molar refractivity (Wildman–Crippen MR) is 44.7 cm³/mol. The third kappa shape index (κ3) is 3.05. The molecule has 1 N–H and O–H groups in total. The highest BCUT2D eigenvalue weighted by molar-refractivity contribution is 5.78. The molecular weight excluding hydrogens is 251 g/mol. The zero-order valence-electron chi connectivity index (χ0n) is 7.96. The average molecular weight is 256 g/mol. The molecule has 1 aromatic rings. The summed E-state index contributed by atoms with van der Waals surface area (Å²) in [6.07, 6.45) is -5.18. The number of carboxylic acids is 1. The van der Waals surface area contributed by atoms with E-state index in [1.54, 1.807) is 0 Å². The van der Waals surface area contributed by atoms with Crippen molar-refractivity contribution in [1.82, 2.24) is 0 Å². The van der Waals surface area contributed by atoms with E-state index in [1.807, 2.05) is 0 Å². The summed E-state index contributed by atoms with van der Waals surface area (Å²) >= 11 is 0. The molecule has 0 aromatic heterocycles. The van der Waals surface area contributed by atoms with Gasteiger partial charge in [-0.25, -0.2) is 4.79 Å². The van der Waals surface area contributed by atoms with Gasteiger partial charge >= 0.3 is 18.3 Å². The molecule has 3 nitrogen and oxygen atoms in total. The van der Waals surface area contributed by atoms with Crippen LogP contribution in [0.2, 0.25) is 0 Å². The molecule has 0 spiro atoms. The van der Waals surface area contributed by atoms with E-state index in [9.17, 15) is 26.7 Å². The Morgan fingerprint density at radius 1 is 1.12 bits per heavy atom. The van der Waals surface area contributed by atoms with Crippen molar-refractivity contribution in [2.45, 2.75) is 12.3 Å². The number of hydrogen-bond donors (Lipinski definition) is 1. The predicted octanol–water partition coefficient (Wildman–Crippen LogP) is 2.76. The van der Waals surface area contributed by atoms with E-state index in [2.05, 4.69) is 4.74 Å². The van der Waals surface area contributed by atoms with E-state index in [0.29, 0.717) is 12.1 Å². The first kappa shape index (κ1) is 13.2. The molecule has 0 aliphatic rings. The fourth-order valence-electron chi connectivity index (χ4n) is 1.05. The standard InChI is InChI=1S/C9H5F5O3/c10-8(11,7(15)16)5-3-1-2-4-6(5)17-9(12,13)14/h1-4H,(H,15,16). The monoisotopic (exact) mass is 256 g/mol. The van der Waals surface area contributed by atoms with Gasteiger partial charge in [0.25, 0.3) is 0 Å². The van der Waals surface area contributed by atoms with Crippen LogP contribution in [-0.4, -0.2) is 17.4 Å². The minimum atomic E-state index is -5.18. The van der Waals surface area contributed by atoms with E-state index >= 15 is 0 Å². The van der Waals surface area contributed by atoms with Gasteiger partial charge in [-0.15, -0.1) is 13.2 Å². The van der Waals surface area contributed by atoms with E-state index in [4.69, 9.17) is 5.11 Å². The van der Waals surface area contributed by atoms with Crippen molar-refractivity contribution in [3.8, 4) is 5.75 Å². The van der Waals surface area contributed by atoms with Gasteiger partial charge in [-0.05, 0) is 12.1 Å². The zero-order chi connectivity index (χ0) is 13.3. The summed E-state index contributed by atoms with van der Waals surface area (Å²) in [5.74, 6) is -8.26. The van der Waals surface area contributed by atoms with Gasteiger partial charge in [0.1, 0.15) is 5.75 Å². The van der Waals surface area contributed by atoms with Crippen LogP contribution in [0, 0.1) is 0 Å². The van der Waals surface area contributed by atoms with E-state index in [1.165, 1.54) is 0 Å². The fraction of sp³-hybridized carbons (Fsp3) is 0.222. The molecule has 0 bridgehead atoms. The minimum absolute atomic E-state index is 0.551. The van der Waals surface area contributed by atoms with Crippen molar-refractivity contribution in [2.75, 3.05) is 0 Å². The van der Waals surface area contributed by atoms with Gasteiger partial charge in [-0.1, -0.05) is 12.1 Å². The van der Waals surface area contributed by atoms with E-state index < -0.39 is 29.6 Å². The smallest absolute Gasteiger partial charge is 0.477 e. The highest BCUT2D eigenvalue weighted by Gasteiger charge is 2.45. The van der Waals surface area contributed by atoms with Crippen LogP contribution in [0.15, 0.2) is 24.3 Å². The van der Waals surface area contributed by atoms with Crippen molar-refractivity contribution in [1.29, 1.82) is 0 Å². The van der Waals surface area contributed by atoms with Gasteiger partial charge in [-0.2, -0.15) is 8.78 Å². The molecule has 0 aliphatic heterocycles. The van der Waals surface area contributed by atoms with Crippen LogP contribution < -0.4 is 4.74 Å². The fourth-order valence-corrected chi connectivity index (χ4v) is 1.05. The summed E-state index contributed by atoms with van der Waals surface area (Å²) in [7, 11) is 0. The summed E-state index contributed by atoms with van der Waals surface area (Å²) in [4.78, 5) is 10.3. The molecule has 0 aliphatic carbocycles. The van der Waals surface area contributed by atoms with Crippen molar-refractivity contribution in [3.05, 3.63) is 29.8 Å². The van der Waals surface area contributed by atoms with Gasteiger partial charge < -0.3 is 9.84 Å². The summed E-state index contributed by atoms with van der Waals surface area (Å²) in [5, 5.41) is 8.23. The molecule has 0 fully saturated rings. The highest BCUT2D eigenvalue weighted by atomic mass is 19.4. The maximum absolute atomic E-state index is 13.1. The molecule has 0 unspecified atom stereocenters. The summed E-state index contributed by atoms with van der Waals surface area (Å²) < 4.78 is 65.1. The molecule has 1 aromatic carbocycles.